The van der Waals surface area contributed by atoms with E-state index in [0.717, 1.165) is 28.3 Å². The summed E-state index contributed by atoms with van der Waals surface area (Å²) >= 11 is 3.56. The molecule has 1 aromatic heterocycles. The maximum atomic E-state index is 4.27. The van der Waals surface area contributed by atoms with Crippen LogP contribution in [0.25, 0.3) is 0 Å². The third-order valence-electron chi connectivity index (χ3n) is 3.37. The highest BCUT2D eigenvalue weighted by molar-refractivity contribution is 9.10. The van der Waals surface area contributed by atoms with Gasteiger partial charge in [-0.05, 0) is 46.1 Å². The first-order valence-corrected chi connectivity index (χ1v) is 8.13. The van der Waals surface area contributed by atoms with E-state index >= 15 is 0 Å². The Hall–Kier alpha value is -2.40. The first-order valence-electron chi connectivity index (χ1n) is 7.34. The van der Waals surface area contributed by atoms with Gasteiger partial charge in [-0.15, -0.1) is 0 Å². The van der Waals surface area contributed by atoms with Crippen molar-refractivity contribution in [2.45, 2.75) is 13.5 Å². The normalized spacial score (nSPS) is 10.3. The fourth-order valence-electron chi connectivity index (χ4n) is 2.17. The van der Waals surface area contributed by atoms with E-state index < -0.39 is 0 Å². The maximum Gasteiger partial charge on any atom is 0.135 e. The molecule has 0 atom stereocenters. The third kappa shape index (κ3) is 4.29. The molecule has 0 spiro atoms. The lowest BCUT2D eigenvalue weighted by atomic mass is 10.2. The van der Waals surface area contributed by atoms with Crippen molar-refractivity contribution in [3.8, 4) is 0 Å². The van der Waals surface area contributed by atoms with Crippen molar-refractivity contribution >= 4 is 33.3 Å². The van der Waals surface area contributed by atoms with Crippen molar-refractivity contribution in [2.75, 3.05) is 10.6 Å². The Bertz CT molecular complexity index is 790. The second-order valence-electron chi connectivity index (χ2n) is 5.24. The van der Waals surface area contributed by atoms with Gasteiger partial charge in [-0.2, -0.15) is 0 Å². The van der Waals surface area contributed by atoms with Crippen molar-refractivity contribution in [1.29, 1.82) is 0 Å². The summed E-state index contributed by atoms with van der Waals surface area (Å²) in [6.07, 6.45) is 1.55. The van der Waals surface area contributed by atoms with Crippen molar-refractivity contribution in [2.24, 2.45) is 0 Å². The monoisotopic (exact) mass is 368 g/mol. The van der Waals surface area contributed by atoms with Gasteiger partial charge in [0.2, 0.25) is 0 Å². The first kappa shape index (κ1) is 15.5. The molecule has 0 aliphatic heterocycles. The van der Waals surface area contributed by atoms with Crippen LogP contribution in [0, 0.1) is 6.92 Å². The summed E-state index contributed by atoms with van der Waals surface area (Å²) in [5, 5.41) is 6.61. The second-order valence-corrected chi connectivity index (χ2v) is 6.09. The van der Waals surface area contributed by atoms with Gasteiger partial charge in [0.25, 0.3) is 0 Å². The number of nitrogens with one attached hydrogen (secondary N) is 2. The lowest BCUT2D eigenvalue weighted by Crippen LogP contribution is -2.03. The third-order valence-corrected chi connectivity index (χ3v) is 4.03. The fourth-order valence-corrected chi connectivity index (χ4v) is 2.76. The molecular weight excluding hydrogens is 352 g/mol. The minimum atomic E-state index is 0.728. The minimum Gasteiger partial charge on any atom is -0.366 e. The molecule has 116 valence electrons. The first-order chi connectivity index (χ1) is 11.2. The molecule has 23 heavy (non-hydrogen) atoms. The van der Waals surface area contributed by atoms with Crippen LogP contribution in [-0.2, 0) is 6.54 Å². The number of hydrogen-bond acceptors (Lipinski definition) is 4. The predicted octanol–water partition coefficient (Wildman–Crippen LogP) is 4.90. The number of hydrogen-bond donors (Lipinski definition) is 2. The van der Waals surface area contributed by atoms with Crippen LogP contribution in [0.1, 0.15) is 11.1 Å². The number of benzene rings is 2. The van der Waals surface area contributed by atoms with E-state index in [9.17, 15) is 0 Å². The summed E-state index contributed by atoms with van der Waals surface area (Å²) in [7, 11) is 0. The number of aromatic nitrogens is 2. The molecule has 0 amide bonds. The number of nitrogens with zero attached hydrogens (tertiary/aromatic N) is 2. The van der Waals surface area contributed by atoms with Crippen LogP contribution in [-0.4, -0.2) is 9.97 Å². The number of anilines is 3. The van der Waals surface area contributed by atoms with Gasteiger partial charge in [-0.25, -0.2) is 9.97 Å². The molecule has 2 aromatic carbocycles. The standard InChI is InChI=1S/C18H17BrN4/c1-13-7-8-16(15(19)9-13)23-18-10-17(21-12-22-18)20-11-14-5-3-2-4-6-14/h2-10,12H,11H2,1H3,(H2,20,21,22,23). The van der Waals surface area contributed by atoms with E-state index in [2.05, 4.69) is 67.7 Å². The van der Waals surface area contributed by atoms with E-state index in [-0.39, 0.29) is 0 Å². The summed E-state index contributed by atoms with van der Waals surface area (Å²) in [6, 6.07) is 18.3. The van der Waals surface area contributed by atoms with Crippen LogP contribution in [0.4, 0.5) is 17.3 Å². The smallest absolute Gasteiger partial charge is 0.135 e. The van der Waals surface area contributed by atoms with Gasteiger partial charge in [-0.1, -0.05) is 36.4 Å². The van der Waals surface area contributed by atoms with Crippen LogP contribution in [0.15, 0.2) is 65.4 Å². The molecule has 4 nitrogen and oxygen atoms in total. The Morgan fingerprint density at radius 3 is 2.52 bits per heavy atom. The van der Waals surface area contributed by atoms with Crippen molar-refractivity contribution in [3.63, 3.8) is 0 Å². The molecule has 1 heterocycles. The van der Waals surface area contributed by atoms with Crippen LogP contribution in [0.2, 0.25) is 0 Å². The van der Waals surface area contributed by atoms with E-state index in [4.69, 9.17) is 0 Å². The van der Waals surface area contributed by atoms with E-state index in [1.54, 1.807) is 6.33 Å². The minimum absolute atomic E-state index is 0.728. The zero-order valence-corrected chi connectivity index (χ0v) is 14.3. The van der Waals surface area contributed by atoms with Crippen LogP contribution in [0.3, 0.4) is 0 Å². The predicted molar refractivity (Wildman–Crippen MR) is 98.0 cm³/mol. The molecular formula is C18H17BrN4. The van der Waals surface area contributed by atoms with Crippen molar-refractivity contribution in [1.82, 2.24) is 9.97 Å². The van der Waals surface area contributed by atoms with Gasteiger partial charge in [-0.3, -0.25) is 0 Å². The Kier molecular flexibility index (Phi) is 4.88. The fraction of sp³-hybridized carbons (Fsp3) is 0.111. The van der Waals surface area contributed by atoms with Gasteiger partial charge in [0.1, 0.15) is 18.0 Å². The molecule has 5 heteroatoms. The Balaban J connectivity index is 1.69. The van der Waals surface area contributed by atoms with E-state index in [1.807, 2.05) is 30.3 Å². The van der Waals surface area contributed by atoms with Gasteiger partial charge < -0.3 is 10.6 Å². The molecule has 0 saturated carbocycles. The zero-order chi connectivity index (χ0) is 16.1. The summed E-state index contributed by atoms with van der Waals surface area (Å²) in [6.45, 7) is 2.79. The van der Waals surface area contributed by atoms with E-state index in [0.29, 0.717) is 0 Å². The SMILES string of the molecule is Cc1ccc(Nc2cc(NCc3ccccc3)ncn2)c(Br)c1. The molecule has 3 rings (SSSR count). The molecule has 0 fully saturated rings. The highest BCUT2D eigenvalue weighted by Crippen LogP contribution is 2.26. The summed E-state index contributed by atoms with van der Waals surface area (Å²) in [4.78, 5) is 8.53. The molecule has 0 aliphatic carbocycles. The lowest BCUT2D eigenvalue weighted by molar-refractivity contribution is 1.08. The maximum absolute atomic E-state index is 4.27. The highest BCUT2D eigenvalue weighted by Gasteiger charge is 2.03. The summed E-state index contributed by atoms with van der Waals surface area (Å²) < 4.78 is 1.01. The molecule has 2 N–H and O–H groups in total. The molecule has 0 bridgehead atoms. The van der Waals surface area contributed by atoms with Crippen LogP contribution < -0.4 is 10.6 Å². The second kappa shape index (κ2) is 7.24. The van der Waals surface area contributed by atoms with Gasteiger partial charge in [0.15, 0.2) is 0 Å². The Morgan fingerprint density at radius 2 is 1.74 bits per heavy atom. The summed E-state index contributed by atoms with van der Waals surface area (Å²) in [5.41, 5.74) is 3.39. The van der Waals surface area contributed by atoms with E-state index in [1.165, 1.54) is 11.1 Å². The van der Waals surface area contributed by atoms with Gasteiger partial charge in [0, 0.05) is 17.1 Å². The number of rotatable bonds is 5. The number of aryl methyl sites for hydroxylation is 1. The van der Waals surface area contributed by atoms with Gasteiger partial charge >= 0.3 is 0 Å². The van der Waals surface area contributed by atoms with Crippen LogP contribution >= 0.6 is 15.9 Å². The molecule has 0 radical (unpaired) electrons. The summed E-state index contributed by atoms with van der Waals surface area (Å²) in [5.74, 6) is 1.54. The largest absolute Gasteiger partial charge is 0.366 e. The number of halogens is 1. The lowest BCUT2D eigenvalue weighted by Gasteiger charge is -2.10. The highest BCUT2D eigenvalue weighted by atomic mass is 79.9. The van der Waals surface area contributed by atoms with Crippen molar-refractivity contribution < 1.29 is 0 Å². The topological polar surface area (TPSA) is 49.8 Å². The molecule has 0 saturated heterocycles. The Morgan fingerprint density at radius 1 is 0.957 bits per heavy atom. The molecule has 0 aliphatic rings. The van der Waals surface area contributed by atoms with Gasteiger partial charge in [0.05, 0.1) is 5.69 Å². The average molecular weight is 369 g/mol. The zero-order valence-electron chi connectivity index (χ0n) is 12.8. The molecule has 0 unspecified atom stereocenters. The molecule has 3 aromatic rings. The Labute approximate surface area is 144 Å². The van der Waals surface area contributed by atoms with Crippen molar-refractivity contribution in [3.05, 3.63) is 76.5 Å². The quantitative estimate of drug-likeness (QED) is 0.672. The van der Waals surface area contributed by atoms with Crippen LogP contribution in [0.5, 0.6) is 0 Å². The average Bonchev–Trinajstić information content (AvgIpc) is 2.57.